The third-order valence-electron chi connectivity index (χ3n) is 3.45. The lowest BCUT2D eigenvalue weighted by Crippen LogP contribution is -2.43. The second-order valence-corrected chi connectivity index (χ2v) is 5.14. The minimum Gasteiger partial charge on any atom is -0.480 e. The number of hydrogen-bond acceptors (Lipinski definition) is 3. The van der Waals surface area contributed by atoms with Crippen LogP contribution in [0, 0.1) is 13.8 Å². The van der Waals surface area contributed by atoms with Crippen molar-refractivity contribution in [2.45, 2.75) is 32.4 Å². The molecular weight excluding hydrogens is 260 g/mol. The van der Waals surface area contributed by atoms with E-state index in [0.717, 1.165) is 16.0 Å². The summed E-state index contributed by atoms with van der Waals surface area (Å²) in [5, 5.41) is 21.3. The van der Waals surface area contributed by atoms with Gasteiger partial charge in [0.25, 0.3) is 0 Å². The van der Waals surface area contributed by atoms with E-state index < -0.39 is 24.1 Å². The summed E-state index contributed by atoms with van der Waals surface area (Å²) >= 11 is 0. The number of carboxylic acid groups (broad SMARTS) is 1. The molecule has 1 heterocycles. The molecule has 0 saturated carbocycles. The number of amides is 2. The molecule has 0 aliphatic carbocycles. The van der Waals surface area contributed by atoms with Gasteiger partial charge in [-0.2, -0.15) is 0 Å². The monoisotopic (exact) mass is 278 g/mol. The van der Waals surface area contributed by atoms with E-state index in [4.69, 9.17) is 5.11 Å². The smallest absolute Gasteiger partial charge is 0.326 e. The van der Waals surface area contributed by atoms with Gasteiger partial charge in [-0.3, -0.25) is 0 Å². The molecule has 2 atom stereocenters. The van der Waals surface area contributed by atoms with E-state index in [1.165, 1.54) is 0 Å². The number of nitrogens with one attached hydrogen (secondary N) is 1. The molecule has 1 aliphatic heterocycles. The zero-order valence-corrected chi connectivity index (χ0v) is 11.5. The first kappa shape index (κ1) is 14.3. The number of carbonyl (C=O) groups excluding carboxylic acids is 1. The van der Waals surface area contributed by atoms with Crippen LogP contribution < -0.4 is 5.32 Å². The molecule has 20 heavy (non-hydrogen) atoms. The number of anilines is 1. The number of aliphatic hydroxyl groups is 1. The lowest BCUT2D eigenvalue weighted by Gasteiger charge is -2.22. The molecule has 6 heteroatoms. The Morgan fingerprint density at radius 2 is 2.05 bits per heavy atom. The van der Waals surface area contributed by atoms with Gasteiger partial charge in [-0.05, 0) is 25.5 Å². The molecular formula is C14H18N2O4. The van der Waals surface area contributed by atoms with Gasteiger partial charge in [0.2, 0.25) is 0 Å². The molecule has 1 aliphatic rings. The van der Waals surface area contributed by atoms with Crippen LogP contribution in [0.4, 0.5) is 10.5 Å². The van der Waals surface area contributed by atoms with Crippen LogP contribution in [-0.2, 0) is 4.79 Å². The number of urea groups is 1. The molecule has 2 amide bonds. The van der Waals surface area contributed by atoms with Crippen molar-refractivity contribution in [1.82, 2.24) is 4.90 Å². The number of likely N-dealkylation sites (tertiary alicyclic amines) is 1. The molecule has 0 spiro atoms. The van der Waals surface area contributed by atoms with Crippen LogP contribution in [0.3, 0.4) is 0 Å². The van der Waals surface area contributed by atoms with Gasteiger partial charge in [0.1, 0.15) is 6.04 Å². The first-order valence-corrected chi connectivity index (χ1v) is 6.44. The number of rotatable bonds is 2. The van der Waals surface area contributed by atoms with Crippen LogP contribution in [0.1, 0.15) is 17.5 Å². The van der Waals surface area contributed by atoms with Crippen LogP contribution in [-0.4, -0.2) is 45.8 Å². The number of aryl methyl sites for hydroxylation is 2. The van der Waals surface area contributed by atoms with Crippen LogP contribution in [0.2, 0.25) is 0 Å². The summed E-state index contributed by atoms with van der Waals surface area (Å²) in [4.78, 5) is 24.4. The predicted molar refractivity (Wildman–Crippen MR) is 73.7 cm³/mol. The van der Waals surface area contributed by atoms with Crippen molar-refractivity contribution in [3.8, 4) is 0 Å². The van der Waals surface area contributed by atoms with Gasteiger partial charge in [-0.1, -0.05) is 17.7 Å². The molecule has 0 aromatic heterocycles. The fraction of sp³-hybridized carbons (Fsp3) is 0.429. The van der Waals surface area contributed by atoms with Crippen molar-refractivity contribution in [2.75, 3.05) is 11.9 Å². The highest BCUT2D eigenvalue weighted by atomic mass is 16.4. The second-order valence-electron chi connectivity index (χ2n) is 5.14. The summed E-state index contributed by atoms with van der Waals surface area (Å²) in [5.74, 6) is -1.10. The van der Waals surface area contributed by atoms with E-state index in [1.54, 1.807) is 6.07 Å². The Morgan fingerprint density at radius 3 is 2.65 bits per heavy atom. The first-order valence-electron chi connectivity index (χ1n) is 6.44. The summed E-state index contributed by atoms with van der Waals surface area (Å²) in [6.45, 7) is 3.86. The Hall–Kier alpha value is -2.08. The van der Waals surface area contributed by atoms with Crippen molar-refractivity contribution < 1.29 is 19.8 Å². The van der Waals surface area contributed by atoms with Gasteiger partial charge in [-0.25, -0.2) is 9.59 Å². The number of nitrogens with zero attached hydrogens (tertiary/aromatic N) is 1. The molecule has 1 saturated heterocycles. The Morgan fingerprint density at radius 1 is 1.35 bits per heavy atom. The van der Waals surface area contributed by atoms with E-state index >= 15 is 0 Å². The van der Waals surface area contributed by atoms with E-state index in [-0.39, 0.29) is 13.0 Å². The molecule has 3 N–H and O–H groups in total. The Labute approximate surface area is 117 Å². The number of carbonyl (C=O) groups is 2. The second kappa shape index (κ2) is 5.50. The van der Waals surface area contributed by atoms with Gasteiger partial charge >= 0.3 is 12.0 Å². The number of aliphatic carboxylic acids is 1. The summed E-state index contributed by atoms with van der Waals surface area (Å²) in [6.07, 6.45) is -0.726. The quantitative estimate of drug-likeness (QED) is 0.762. The molecule has 0 radical (unpaired) electrons. The predicted octanol–water partition coefficient (Wildman–Crippen LogP) is 1.36. The molecule has 6 nitrogen and oxygen atoms in total. The first-order chi connectivity index (χ1) is 9.38. The van der Waals surface area contributed by atoms with E-state index in [9.17, 15) is 14.7 Å². The number of hydrogen-bond donors (Lipinski definition) is 3. The summed E-state index contributed by atoms with van der Waals surface area (Å²) in [6, 6.07) is 4.11. The molecule has 108 valence electrons. The number of benzene rings is 1. The van der Waals surface area contributed by atoms with Crippen molar-refractivity contribution in [3.05, 3.63) is 29.3 Å². The zero-order chi connectivity index (χ0) is 14.9. The lowest BCUT2D eigenvalue weighted by molar-refractivity contribution is -0.141. The normalized spacial score (nSPS) is 21.9. The molecule has 0 bridgehead atoms. The minimum absolute atomic E-state index is 0.0354. The van der Waals surface area contributed by atoms with Crippen molar-refractivity contribution >= 4 is 17.7 Å². The molecule has 1 fully saturated rings. The van der Waals surface area contributed by atoms with Gasteiger partial charge in [0, 0.05) is 18.7 Å². The van der Waals surface area contributed by atoms with Crippen LogP contribution in [0.15, 0.2) is 18.2 Å². The number of carboxylic acids is 1. The van der Waals surface area contributed by atoms with Crippen molar-refractivity contribution in [3.63, 3.8) is 0 Å². The van der Waals surface area contributed by atoms with Crippen LogP contribution in [0.25, 0.3) is 0 Å². The topological polar surface area (TPSA) is 89.9 Å². The molecule has 1 aromatic rings. The Kier molecular flexibility index (Phi) is 3.94. The number of aliphatic hydroxyl groups excluding tert-OH is 1. The Bertz CT molecular complexity index is 544. The zero-order valence-electron chi connectivity index (χ0n) is 11.5. The summed E-state index contributed by atoms with van der Waals surface area (Å²) < 4.78 is 0. The average Bonchev–Trinajstić information content (AvgIpc) is 2.75. The highest BCUT2D eigenvalue weighted by Crippen LogP contribution is 2.21. The number of β-amino-alcohol motifs (C(OH)–C–C–N with tert-alkyl or cyclic N) is 1. The SMILES string of the molecule is Cc1ccc(NC(=O)N2C[C@@H](O)C[C@H]2C(=O)O)c(C)c1. The van der Waals surface area contributed by atoms with Crippen LogP contribution >= 0.6 is 0 Å². The van der Waals surface area contributed by atoms with Gasteiger partial charge in [0.15, 0.2) is 0 Å². The largest absolute Gasteiger partial charge is 0.480 e. The van der Waals surface area contributed by atoms with E-state index in [2.05, 4.69) is 5.32 Å². The average molecular weight is 278 g/mol. The highest BCUT2D eigenvalue weighted by molar-refractivity contribution is 5.93. The highest BCUT2D eigenvalue weighted by Gasteiger charge is 2.39. The minimum atomic E-state index is -1.10. The van der Waals surface area contributed by atoms with Crippen molar-refractivity contribution in [1.29, 1.82) is 0 Å². The van der Waals surface area contributed by atoms with Gasteiger partial charge < -0.3 is 20.4 Å². The van der Waals surface area contributed by atoms with Crippen LogP contribution in [0.5, 0.6) is 0 Å². The maximum atomic E-state index is 12.2. The van der Waals surface area contributed by atoms with Gasteiger partial charge in [0.05, 0.1) is 6.10 Å². The maximum absolute atomic E-state index is 12.2. The third kappa shape index (κ3) is 2.91. The molecule has 2 rings (SSSR count). The summed E-state index contributed by atoms with van der Waals surface area (Å²) in [5.41, 5.74) is 2.64. The molecule has 1 aromatic carbocycles. The van der Waals surface area contributed by atoms with Gasteiger partial charge in [-0.15, -0.1) is 0 Å². The van der Waals surface area contributed by atoms with Crippen molar-refractivity contribution in [2.24, 2.45) is 0 Å². The molecule has 0 unspecified atom stereocenters. The lowest BCUT2D eigenvalue weighted by atomic mass is 10.1. The third-order valence-corrected chi connectivity index (χ3v) is 3.45. The summed E-state index contributed by atoms with van der Waals surface area (Å²) in [7, 11) is 0. The Balaban J connectivity index is 2.13. The van der Waals surface area contributed by atoms with E-state index in [1.807, 2.05) is 26.0 Å². The van der Waals surface area contributed by atoms with E-state index in [0.29, 0.717) is 5.69 Å². The fourth-order valence-electron chi connectivity index (χ4n) is 2.41. The fourth-order valence-corrected chi connectivity index (χ4v) is 2.41. The standard InChI is InChI=1S/C14H18N2O4/c1-8-3-4-11(9(2)5-8)15-14(20)16-7-10(17)6-12(16)13(18)19/h3-5,10,12,17H,6-7H2,1-2H3,(H,15,20)(H,18,19)/t10-,12-/m0/s1. The maximum Gasteiger partial charge on any atom is 0.326 e.